The van der Waals surface area contributed by atoms with Crippen molar-refractivity contribution in [2.75, 3.05) is 5.32 Å². The van der Waals surface area contributed by atoms with Gasteiger partial charge in [0, 0.05) is 11.3 Å². The van der Waals surface area contributed by atoms with Gasteiger partial charge in [0.05, 0.1) is 6.61 Å². The standard InChI is InChI=1S/C18H18FN3O2/c1-11-8-14(6-7-16(11)19)17-21-18(24-22-17)12(2)20-15-5-3-4-13(9-15)10-23/h3-9,12,20,23H,10H2,1-2H3. The van der Waals surface area contributed by atoms with Gasteiger partial charge in [-0.15, -0.1) is 0 Å². The highest BCUT2D eigenvalue weighted by Crippen LogP contribution is 2.23. The number of hydrogen-bond acceptors (Lipinski definition) is 5. The second-order valence-electron chi connectivity index (χ2n) is 5.64. The number of nitrogens with one attached hydrogen (secondary N) is 1. The molecule has 5 nitrogen and oxygen atoms in total. The Labute approximate surface area is 139 Å². The van der Waals surface area contributed by atoms with Gasteiger partial charge in [-0.25, -0.2) is 4.39 Å². The molecule has 3 rings (SSSR count). The summed E-state index contributed by atoms with van der Waals surface area (Å²) in [5.41, 5.74) is 2.91. The van der Waals surface area contributed by atoms with Gasteiger partial charge in [-0.05, 0) is 55.3 Å². The molecule has 0 saturated carbocycles. The first-order valence-electron chi connectivity index (χ1n) is 7.63. The molecule has 0 fully saturated rings. The van der Waals surface area contributed by atoms with Crippen LogP contribution >= 0.6 is 0 Å². The largest absolute Gasteiger partial charge is 0.392 e. The van der Waals surface area contributed by atoms with Crippen LogP contribution in [0.4, 0.5) is 10.1 Å². The average molecular weight is 327 g/mol. The number of rotatable bonds is 5. The molecule has 0 bridgehead atoms. The van der Waals surface area contributed by atoms with Gasteiger partial charge in [0.15, 0.2) is 0 Å². The zero-order valence-electron chi connectivity index (χ0n) is 13.5. The lowest BCUT2D eigenvalue weighted by molar-refractivity contribution is 0.282. The molecule has 0 radical (unpaired) electrons. The molecule has 6 heteroatoms. The molecule has 124 valence electrons. The van der Waals surface area contributed by atoms with Crippen LogP contribution in [0.25, 0.3) is 11.4 Å². The molecule has 0 aliphatic rings. The van der Waals surface area contributed by atoms with E-state index in [-0.39, 0.29) is 18.5 Å². The van der Waals surface area contributed by atoms with E-state index < -0.39 is 0 Å². The van der Waals surface area contributed by atoms with E-state index in [1.807, 2.05) is 31.2 Å². The van der Waals surface area contributed by atoms with E-state index in [4.69, 9.17) is 4.52 Å². The van der Waals surface area contributed by atoms with Crippen molar-refractivity contribution in [2.45, 2.75) is 26.5 Å². The Hall–Kier alpha value is -2.73. The number of aliphatic hydroxyl groups is 1. The molecule has 0 amide bonds. The summed E-state index contributed by atoms with van der Waals surface area (Å²) in [6.45, 7) is 3.58. The number of aromatic nitrogens is 2. The van der Waals surface area contributed by atoms with E-state index in [2.05, 4.69) is 15.5 Å². The number of aryl methyl sites for hydroxylation is 1. The maximum atomic E-state index is 13.4. The zero-order chi connectivity index (χ0) is 17.1. The normalized spacial score (nSPS) is 12.2. The van der Waals surface area contributed by atoms with Crippen molar-refractivity contribution in [3.05, 3.63) is 65.3 Å². The van der Waals surface area contributed by atoms with Gasteiger partial charge in [0.1, 0.15) is 11.9 Å². The van der Waals surface area contributed by atoms with Gasteiger partial charge in [0.2, 0.25) is 11.7 Å². The highest BCUT2D eigenvalue weighted by atomic mass is 19.1. The van der Waals surface area contributed by atoms with E-state index in [1.165, 1.54) is 6.07 Å². The van der Waals surface area contributed by atoms with Crippen molar-refractivity contribution in [3.63, 3.8) is 0 Å². The number of benzene rings is 2. The SMILES string of the molecule is Cc1cc(-c2noc(C(C)Nc3cccc(CO)c3)n2)ccc1F. The summed E-state index contributed by atoms with van der Waals surface area (Å²) < 4.78 is 18.7. The molecule has 0 aliphatic carbocycles. The van der Waals surface area contributed by atoms with Crippen molar-refractivity contribution in [3.8, 4) is 11.4 Å². The van der Waals surface area contributed by atoms with E-state index in [9.17, 15) is 9.50 Å². The van der Waals surface area contributed by atoms with Crippen LogP contribution < -0.4 is 5.32 Å². The van der Waals surface area contributed by atoms with Crippen LogP contribution in [0.5, 0.6) is 0 Å². The summed E-state index contributed by atoms with van der Waals surface area (Å²) in [7, 11) is 0. The maximum Gasteiger partial charge on any atom is 0.249 e. The van der Waals surface area contributed by atoms with Crippen LogP contribution in [0.3, 0.4) is 0 Å². The summed E-state index contributed by atoms with van der Waals surface area (Å²) >= 11 is 0. The van der Waals surface area contributed by atoms with Gasteiger partial charge < -0.3 is 14.9 Å². The second-order valence-corrected chi connectivity index (χ2v) is 5.64. The Kier molecular flexibility index (Phi) is 4.57. The summed E-state index contributed by atoms with van der Waals surface area (Å²) in [5, 5.41) is 16.4. The van der Waals surface area contributed by atoms with Crippen LogP contribution in [-0.4, -0.2) is 15.2 Å². The Morgan fingerprint density at radius 1 is 1.25 bits per heavy atom. The van der Waals surface area contributed by atoms with Crippen LogP contribution in [0.1, 0.15) is 30.0 Å². The molecular weight excluding hydrogens is 309 g/mol. The first kappa shape index (κ1) is 16.1. The minimum absolute atomic E-state index is 0.0154. The first-order chi connectivity index (χ1) is 11.6. The third-order valence-corrected chi connectivity index (χ3v) is 3.72. The number of aliphatic hydroxyl groups excluding tert-OH is 1. The fraction of sp³-hybridized carbons (Fsp3) is 0.222. The zero-order valence-corrected chi connectivity index (χ0v) is 13.5. The third kappa shape index (κ3) is 3.44. The van der Waals surface area contributed by atoms with Crippen LogP contribution in [0, 0.1) is 12.7 Å². The molecular formula is C18H18FN3O2. The van der Waals surface area contributed by atoms with E-state index in [0.29, 0.717) is 22.8 Å². The quantitative estimate of drug-likeness (QED) is 0.745. The molecule has 1 atom stereocenters. The van der Waals surface area contributed by atoms with E-state index in [1.54, 1.807) is 19.1 Å². The number of anilines is 1. The fourth-order valence-corrected chi connectivity index (χ4v) is 2.38. The van der Waals surface area contributed by atoms with E-state index >= 15 is 0 Å². The number of hydrogen-bond donors (Lipinski definition) is 2. The Morgan fingerprint density at radius 2 is 2.08 bits per heavy atom. The molecule has 2 N–H and O–H groups in total. The number of halogens is 1. The average Bonchev–Trinajstić information content (AvgIpc) is 3.08. The first-order valence-corrected chi connectivity index (χ1v) is 7.63. The number of nitrogens with zero attached hydrogens (tertiary/aromatic N) is 2. The highest BCUT2D eigenvalue weighted by Gasteiger charge is 2.16. The molecule has 0 spiro atoms. The molecule has 0 saturated heterocycles. The summed E-state index contributed by atoms with van der Waals surface area (Å²) in [4.78, 5) is 4.38. The summed E-state index contributed by atoms with van der Waals surface area (Å²) in [5.74, 6) is 0.591. The monoisotopic (exact) mass is 327 g/mol. The Balaban J connectivity index is 1.77. The maximum absolute atomic E-state index is 13.4. The van der Waals surface area contributed by atoms with Gasteiger partial charge in [-0.1, -0.05) is 17.3 Å². The van der Waals surface area contributed by atoms with Crippen molar-refractivity contribution < 1.29 is 14.0 Å². The topological polar surface area (TPSA) is 71.2 Å². The van der Waals surface area contributed by atoms with Gasteiger partial charge in [-0.2, -0.15) is 4.98 Å². The molecule has 24 heavy (non-hydrogen) atoms. The minimum atomic E-state index is -0.263. The summed E-state index contributed by atoms with van der Waals surface area (Å²) in [6.07, 6.45) is 0. The molecule has 1 heterocycles. The predicted molar refractivity (Wildman–Crippen MR) is 88.8 cm³/mol. The van der Waals surface area contributed by atoms with Gasteiger partial charge in [-0.3, -0.25) is 0 Å². The lowest BCUT2D eigenvalue weighted by Gasteiger charge is -2.11. The Bertz CT molecular complexity index is 848. The van der Waals surface area contributed by atoms with Crippen LogP contribution in [0.15, 0.2) is 47.0 Å². The van der Waals surface area contributed by atoms with E-state index in [0.717, 1.165) is 11.3 Å². The van der Waals surface area contributed by atoms with Crippen molar-refractivity contribution in [2.24, 2.45) is 0 Å². The molecule has 2 aromatic carbocycles. The predicted octanol–water partition coefficient (Wildman–Crippen LogP) is 3.85. The molecule has 3 aromatic rings. The molecule has 0 aliphatic heterocycles. The Morgan fingerprint density at radius 3 is 2.83 bits per heavy atom. The second kappa shape index (κ2) is 6.80. The summed E-state index contributed by atoms with van der Waals surface area (Å²) in [6, 6.07) is 12.0. The lowest BCUT2D eigenvalue weighted by atomic mass is 10.1. The third-order valence-electron chi connectivity index (χ3n) is 3.72. The molecule has 1 aromatic heterocycles. The molecule has 1 unspecified atom stereocenters. The smallest absolute Gasteiger partial charge is 0.249 e. The van der Waals surface area contributed by atoms with Crippen molar-refractivity contribution in [1.29, 1.82) is 0 Å². The van der Waals surface area contributed by atoms with Crippen LogP contribution in [0.2, 0.25) is 0 Å². The lowest BCUT2D eigenvalue weighted by Crippen LogP contribution is -2.07. The fourth-order valence-electron chi connectivity index (χ4n) is 2.38. The van der Waals surface area contributed by atoms with Gasteiger partial charge >= 0.3 is 0 Å². The minimum Gasteiger partial charge on any atom is -0.392 e. The highest BCUT2D eigenvalue weighted by molar-refractivity contribution is 5.55. The van der Waals surface area contributed by atoms with Crippen LogP contribution in [-0.2, 0) is 6.61 Å². The van der Waals surface area contributed by atoms with Crippen molar-refractivity contribution in [1.82, 2.24) is 10.1 Å². The van der Waals surface area contributed by atoms with Crippen molar-refractivity contribution >= 4 is 5.69 Å². The van der Waals surface area contributed by atoms with Gasteiger partial charge in [0.25, 0.3) is 0 Å².